The number of hydrogen-bond donors (Lipinski definition) is 0. The minimum Gasteiger partial charge on any atom is -1.00 e. The Kier molecular flexibility index (Phi) is 12.1. The van der Waals surface area contributed by atoms with Gasteiger partial charge in [0.05, 0.1) is 13.2 Å². The van der Waals surface area contributed by atoms with Crippen LogP contribution < -0.4 is 33.6 Å². The summed E-state index contributed by atoms with van der Waals surface area (Å²) in [4.78, 5) is 13.3. The van der Waals surface area contributed by atoms with Gasteiger partial charge in [-0.25, -0.2) is 0 Å². The summed E-state index contributed by atoms with van der Waals surface area (Å²) in [5.74, 6) is 2.75. The monoisotopic (exact) mass is 450 g/mol. The predicted molar refractivity (Wildman–Crippen MR) is 135 cm³/mol. The largest absolute Gasteiger partial charge is 1.00 e. The van der Waals surface area contributed by atoms with Crippen molar-refractivity contribution in [2.75, 3.05) is 13.2 Å². The van der Waals surface area contributed by atoms with E-state index in [1.54, 1.807) is 0 Å². The predicted octanol–water partition coefficient (Wildman–Crippen LogP) is 4.03. The van der Waals surface area contributed by atoms with Crippen molar-refractivity contribution in [2.24, 2.45) is 11.8 Å². The smallest absolute Gasteiger partial charge is 1.00 e. The summed E-state index contributed by atoms with van der Waals surface area (Å²) < 4.78 is 12.1. The topological polar surface area (TPSA) is 35.5 Å². The van der Waals surface area contributed by atoms with Gasteiger partial charge in [0.1, 0.15) is 11.5 Å². The summed E-state index contributed by atoms with van der Waals surface area (Å²) in [6.45, 7) is 18.4. The average molecular weight is 451 g/mol. The van der Waals surface area contributed by atoms with Gasteiger partial charge in [0.2, 0.25) is 0 Å². The van der Waals surface area contributed by atoms with Gasteiger partial charge in [0.25, 0.3) is 0 Å². The second-order valence-corrected chi connectivity index (χ2v) is 10.6. The van der Waals surface area contributed by atoms with Crippen molar-refractivity contribution in [2.45, 2.75) is 68.2 Å². The Balaban J connectivity index is 0.00000512. The molecular weight excluding hydrogens is 410 g/mol. The Hall–Kier alpha value is -1.26. The number of hydrogen-bond acceptors (Lipinski definition) is 3. The first-order valence-corrected chi connectivity index (χ1v) is 12.4. The zero-order valence-electron chi connectivity index (χ0n) is 22.5. The molecule has 1 unspecified atom stereocenters. The van der Waals surface area contributed by atoms with Crippen LogP contribution in [0.25, 0.3) is 0 Å². The van der Waals surface area contributed by atoms with Crippen molar-refractivity contribution in [3.63, 3.8) is 0 Å². The first-order valence-electron chi connectivity index (χ1n) is 11.4. The van der Waals surface area contributed by atoms with E-state index in [2.05, 4.69) is 54.5 Å². The third kappa shape index (κ3) is 8.26. The maximum absolute atomic E-state index is 13.3. The zero-order valence-corrected chi connectivity index (χ0v) is 22.5. The minimum atomic E-state index is 0. The Labute approximate surface area is 210 Å². The maximum atomic E-state index is 13.3. The Morgan fingerprint density at radius 2 is 1.47 bits per heavy atom. The van der Waals surface area contributed by atoms with Gasteiger partial charge in [-0.2, -0.15) is 0 Å². The van der Waals surface area contributed by atoms with Crippen LogP contribution >= 0.6 is 8.58 Å². The third-order valence-corrected chi connectivity index (χ3v) is 6.86. The molecule has 0 N–H and O–H groups in total. The van der Waals surface area contributed by atoms with E-state index >= 15 is 0 Å². The molecule has 5 heteroatoms. The van der Waals surface area contributed by atoms with E-state index in [0.717, 1.165) is 46.3 Å². The van der Waals surface area contributed by atoms with Gasteiger partial charge in [0.15, 0.2) is 5.52 Å². The average Bonchev–Trinajstić information content (AvgIpc) is 2.67. The van der Waals surface area contributed by atoms with Crippen molar-refractivity contribution in [3.05, 3.63) is 52.1 Å². The number of carbonyl (C=O) groups excluding carboxylic acids is 1. The maximum Gasteiger partial charge on any atom is 1.00 e. The van der Waals surface area contributed by atoms with Gasteiger partial charge in [-0.1, -0.05) is 33.8 Å². The molecule has 0 spiro atoms. The normalized spacial score (nSPS) is 11.3. The fourth-order valence-corrected chi connectivity index (χ4v) is 4.64. The zero-order chi connectivity index (χ0) is 23.1. The van der Waals surface area contributed by atoms with Crippen molar-refractivity contribution in [3.8, 4) is 11.5 Å². The summed E-state index contributed by atoms with van der Waals surface area (Å²) in [5.41, 5.74) is 5.59. The van der Waals surface area contributed by atoms with Gasteiger partial charge in [-0.05, 0) is 95.3 Å². The Bertz CT molecular complexity index is 913. The number of aryl methyl sites for hydroxylation is 2. The molecular formula is C27H40LiO3P. The first kappa shape index (κ1) is 28.8. The summed E-state index contributed by atoms with van der Waals surface area (Å²) >= 11 is 0. The molecule has 0 aliphatic heterocycles. The fraction of sp³-hybridized carbons (Fsp3) is 0.519. The summed E-state index contributed by atoms with van der Waals surface area (Å²) in [5, 5.41) is 0.946. The van der Waals surface area contributed by atoms with Gasteiger partial charge in [-0.15, -0.1) is 0 Å². The second-order valence-electron chi connectivity index (χ2n) is 9.31. The Morgan fingerprint density at radius 3 is 2.06 bits per heavy atom. The van der Waals surface area contributed by atoms with Crippen LogP contribution in [-0.4, -0.2) is 18.7 Å². The molecule has 0 aliphatic carbocycles. The fourth-order valence-electron chi connectivity index (χ4n) is 3.45. The molecule has 0 fully saturated rings. The van der Waals surface area contributed by atoms with E-state index in [9.17, 15) is 4.79 Å². The molecule has 32 heavy (non-hydrogen) atoms. The number of carbonyl (C=O) groups is 1. The van der Waals surface area contributed by atoms with Crippen LogP contribution in [0.5, 0.6) is 11.5 Å². The molecule has 2 aromatic rings. The van der Waals surface area contributed by atoms with Crippen LogP contribution in [0.3, 0.4) is 0 Å². The summed E-state index contributed by atoms with van der Waals surface area (Å²) in [7, 11) is 0.0215. The van der Waals surface area contributed by atoms with Crippen LogP contribution in [0.1, 0.15) is 74.6 Å². The van der Waals surface area contributed by atoms with Gasteiger partial charge < -0.3 is 10.9 Å². The number of benzene rings is 2. The Morgan fingerprint density at radius 1 is 0.875 bits per heavy atom. The molecule has 0 radical (unpaired) electrons. The van der Waals surface area contributed by atoms with Crippen molar-refractivity contribution in [1.29, 1.82) is 0 Å². The summed E-state index contributed by atoms with van der Waals surface area (Å²) in [6.07, 6.45) is 1.99. The van der Waals surface area contributed by atoms with Crippen molar-refractivity contribution >= 4 is 19.4 Å². The van der Waals surface area contributed by atoms with Gasteiger partial charge >= 0.3 is 18.9 Å². The quantitative estimate of drug-likeness (QED) is 0.383. The van der Waals surface area contributed by atoms with Gasteiger partial charge in [0, 0.05) is 16.9 Å². The van der Waals surface area contributed by atoms with Crippen LogP contribution in [0.4, 0.5) is 0 Å². The van der Waals surface area contributed by atoms with Crippen molar-refractivity contribution in [1.82, 2.24) is 0 Å². The summed E-state index contributed by atoms with van der Waals surface area (Å²) in [6, 6.07) is 8.03. The molecule has 0 saturated carbocycles. The van der Waals surface area contributed by atoms with E-state index in [4.69, 9.17) is 9.47 Å². The van der Waals surface area contributed by atoms with E-state index in [-0.39, 0.29) is 34.4 Å². The van der Waals surface area contributed by atoms with E-state index in [1.165, 1.54) is 11.1 Å². The van der Waals surface area contributed by atoms with Crippen LogP contribution in [0.15, 0.2) is 24.3 Å². The van der Waals surface area contributed by atoms with Crippen LogP contribution in [0.2, 0.25) is 0 Å². The molecule has 0 bridgehead atoms. The first-order chi connectivity index (χ1) is 14.6. The number of rotatable bonds is 11. The molecule has 1 atom stereocenters. The van der Waals surface area contributed by atoms with Crippen LogP contribution in [0, 0.1) is 39.5 Å². The molecule has 2 aromatic carbocycles. The minimum absolute atomic E-state index is 0. The SMILES string of the molecule is Cc1cc(C)c(C(=O)Pc2ccc(OCCC(C)C)cc2OCCC(C)C)c(C)c1C.[H-].[Li+]. The van der Waals surface area contributed by atoms with Gasteiger partial charge in [-0.3, -0.25) is 4.79 Å². The molecule has 0 saturated heterocycles. The van der Waals surface area contributed by atoms with Crippen molar-refractivity contribution < 1.29 is 34.6 Å². The molecule has 0 heterocycles. The molecule has 0 aromatic heterocycles. The molecule has 0 aliphatic rings. The van der Waals surface area contributed by atoms with E-state index < -0.39 is 0 Å². The molecule has 3 nitrogen and oxygen atoms in total. The molecule has 2 rings (SSSR count). The molecule has 172 valence electrons. The van der Waals surface area contributed by atoms with E-state index in [1.807, 2.05) is 25.1 Å². The van der Waals surface area contributed by atoms with Crippen LogP contribution in [-0.2, 0) is 0 Å². The van der Waals surface area contributed by atoms with E-state index in [0.29, 0.717) is 25.0 Å². The third-order valence-electron chi connectivity index (χ3n) is 5.70. The second kappa shape index (κ2) is 13.4. The standard InChI is InChI=1S/C27H39O3P.Li.H/c1-17(2)11-13-29-23-9-10-25(24(16-23)30-14-12-18(3)4)31-27(28)26-20(6)15-19(5)21(7)22(26)8;;/h9-10,15-18,31H,11-14H2,1-8H3;;/q;+1;-1. The number of ether oxygens (including phenoxy) is 2. The molecule has 0 amide bonds.